The Bertz CT molecular complexity index is 524. The van der Waals surface area contributed by atoms with Crippen molar-refractivity contribution in [2.45, 2.75) is 47.5 Å². The predicted octanol–water partition coefficient (Wildman–Crippen LogP) is 2.73. The number of amides is 1. The van der Waals surface area contributed by atoms with Gasteiger partial charge >= 0.3 is 0 Å². The van der Waals surface area contributed by atoms with E-state index in [0.717, 1.165) is 42.7 Å². The SMILES string of the molecule is CCNC(=NCCc1nc(C)c(C)s1)NCCC(=O)N(CC)CC.I. The van der Waals surface area contributed by atoms with Crippen LogP contribution in [0, 0.1) is 13.8 Å². The molecule has 2 N–H and O–H groups in total. The first kappa shape index (κ1) is 24.1. The van der Waals surface area contributed by atoms with Crippen molar-refractivity contribution in [3.63, 3.8) is 0 Å². The highest BCUT2D eigenvalue weighted by Crippen LogP contribution is 2.16. The highest BCUT2D eigenvalue weighted by molar-refractivity contribution is 14.0. The van der Waals surface area contributed by atoms with E-state index in [1.54, 1.807) is 11.3 Å². The minimum atomic E-state index is 0. The number of guanidine groups is 1. The van der Waals surface area contributed by atoms with Crippen molar-refractivity contribution in [1.82, 2.24) is 20.5 Å². The van der Waals surface area contributed by atoms with Gasteiger partial charge in [-0.3, -0.25) is 9.79 Å². The van der Waals surface area contributed by atoms with E-state index >= 15 is 0 Å². The summed E-state index contributed by atoms with van der Waals surface area (Å²) in [6.07, 6.45) is 1.32. The summed E-state index contributed by atoms with van der Waals surface area (Å²) in [6.45, 7) is 13.8. The summed E-state index contributed by atoms with van der Waals surface area (Å²) in [6, 6.07) is 0. The maximum atomic E-state index is 12.0. The average Bonchev–Trinajstić information content (AvgIpc) is 2.86. The Morgan fingerprint density at radius 1 is 1.20 bits per heavy atom. The second-order valence-electron chi connectivity index (χ2n) is 5.50. The molecule has 0 spiro atoms. The molecule has 1 rings (SSSR count). The van der Waals surface area contributed by atoms with E-state index < -0.39 is 0 Å². The van der Waals surface area contributed by atoms with Crippen LogP contribution >= 0.6 is 35.3 Å². The van der Waals surface area contributed by atoms with Crippen molar-refractivity contribution < 1.29 is 4.79 Å². The Morgan fingerprint density at radius 3 is 2.40 bits per heavy atom. The molecule has 1 heterocycles. The number of nitrogens with one attached hydrogen (secondary N) is 2. The quantitative estimate of drug-likeness (QED) is 0.323. The van der Waals surface area contributed by atoms with E-state index in [2.05, 4.69) is 27.5 Å². The van der Waals surface area contributed by atoms with Crippen LogP contribution in [-0.2, 0) is 11.2 Å². The van der Waals surface area contributed by atoms with Crippen LogP contribution in [0.25, 0.3) is 0 Å². The second-order valence-corrected chi connectivity index (χ2v) is 6.79. The van der Waals surface area contributed by atoms with Gasteiger partial charge in [-0.25, -0.2) is 4.98 Å². The molecule has 0 fully saturated rings. The highest BCUT2D eigenvalue weighted by atomic mass is 127. The number of rotatable bonds is 9. The molecule has 0 saturated heterocycles. The maximum absolute atomic E-state index is 12.0. The standard InChI is InChI=1S/C17H31N5OS.HI/c1-6-18-17(20-12-10-16(23)22(7-2)8-3)19-11-9-15-21-13(4)14(5)24-15;/h6-12H2,1-5H3,(H2,18,19,20);1H. The molecule has 0 saturated carbocycles. The number of thiazole rings is 1. The lowest BCUT2D eigenvalue weighted by Gasteiger charge is -2.19. The smallest absolute Gasteiger partial charge is 0.224 e. The molecule has 0 aromatic carbocycles. The fraction of sp³-hybridized carbons (Fsp3) is 0.706. The number of aliphatic imine (C=N–C) groups is 1. The third-order valence-corrected chi connectivity index (χ3v) is 4.89. The van der Waals surface area contributed by atoms with E-state index in [-0.39, 0.29) is 29.9 Å². The van der Waals surface area contributed by atoms with Gasteiger partial charge in [0.15, 0.2) is 5.96 Å². The zero-order valence-electron chi connectivity index (χ0n) is 16.0. The fourth-order valence-electron chi connectivity index (χ4n) is 2.27. The molecule has 0 aliphatic heterocycles. The van der Waals surface area contributed by atoms with Gasteiger partial charge < -0.3 is 15.5 Å². The molecule has 1 aromatic heterocycles. The molecule has 0 radical (unpaired) electrons. The largest absolute Gasteiger partial charge is 0.357 e. The summed E-state index contributed by atoms with van der Waals surface area (Å²) in [4.78, 5) is 24.2. The Labute approximate surface area is 172 Å². The van der Waals surface area contributed by atoms with Crippen molar-refractivity contribution >= 4 is 47.2 Å². The maximum Gasteiger partial charge on any atom is 0.224 e. The lowest BCUT2D eigenvalue weighted by molar-refractivity contribution is -0.130. The summed E-state index contributed by atoms with van der Waals surface area (Å²) in [7, 11) is 0. The number of carbonyl (C=O) groups excluding carboxylic acids is 1. The Morgan fingerprint density at radius 2 is 1.88 bits per heavy atom. The minimum absolute atomic E-state index is 0. The first-order valence-corrected chi connectivity index (χ1v) is 9.56. The van der Waals surface area contributed by atoms with Crippen LogP contribution in [0.2, 0.25) is 0 Å². The molecule has 0 bridgehead atoms. The summed E-state index contributed by atoms with van der Waals surface area (Å²) in [5.74, 6) is 0.937. The monoisotopic (exact) mass is 481 g/mol. The minimum Gasteiger partial charge on any atom is -0.357 e. The van der Waals surface area contributed by atoms with Crippen LogP contribution in [0.5, 0.6) is 0 Å². The molecule has 0 aliphatic carbocycles. The van der Waals surface area contributed by atoms with Crippen molar-refractivity contribution in [1.29, 1.82) is 0 Å². The number of nitrogens with zero attached hydrogens (tertiary/aromatic N) is 3. The molecule has 25 heavy (non-hydrogen) atoms. The second kappa shape index (κ2) is 13.3. The lowest BCUT2D eigenvalue weighted by Crippen LogP contribution is -2.40. The van der Waals surface area contributed by atoms with E-state index in [9.17, 15) is 4.79 Å². The van der Waals surface area contributed by atoms with Gasteiger partial charge in [0.1, 0.15) is 0 Å². The van der Waals surface area contributed by atoms with Gasteiger partial charge in [0.2, 0.25) is 5.91 Å². The van der Waals surface area contributed by atoms with Gasteiger partial charge in [-0.15, -0.1) is 35.3 Å². The van der Waals surface area contributed by atoms with E-state index in [0.29, 0.717) is 19.5 Å². The number of hydrogen-bond donors (Lipinski definition) is 2. The normalized spacial score (nSPS) is 11.0. The van der Waals surface area contributed by atoms with Crippen molar-refractivity contribution in [2.24, 2.45) is 4.99 Å². The molecule has 8 heteroatoms. The van der Waals surface area contributed by atoms with Gasteiger partial charge in [0, 0.05) is 50.4 Å². The molecule has 6 nitrogen and oxygen atoms in total. The topological polar surface area (TPSA) is 69.6 Å². The first-order chi connectivity index (χ1) is 11.5. The number of carbonyl (C=O) groups is 1. The number of halogens is 1. The summed E-state index contributed by atoms with van der Waals surface area (Å²) >= 11 is 1.74. The predicted molar refractivity (Wildman–Crippen MR) is 117 cm³/mol. The van der Waals surface area contributed by atoms with Gasteiger partial charge in [-0.05, 0) is 34.6 Å². The molecule has 0 aliphatic rings. The zero-order chi connectivity index (χ0) is 17.9. The van der Waals surface area contributed by atoms with Gasteiger partial charge in [-0.1, -0.05) is 0 Å². The molecular formula is C17H32IN5OS. The van der Waals surface area contributed by atoms with E-state index in [1.165, 1.54) is 4.88 Å². The summed E-state index contributed by atoms with van der Waals surface area (Å²) < 4.78 is 0. The summed E-state index contributed by atoms with van der Waals surface area (Å²) in [5, 5.41) is 7.57. The van der Waals surface area contributed by atoms with Crippen molar-refractivity contribution in [3.05, 3.63) is 15.6 Å². The highest BCUT2D eigenvalue weighted by Gasteiger charge is 2.09. The Balaban J connectivity index is 0.00000576. The van der Waals surface area contributed by atoms with Crippen LogP contribution in [0.15, 0.2) is 4.99 Å². The van der Waals surface area contributed by atoms with E-state index in [4.69, 9.17) is 0 Å². The molecule has 0 unspecified atom stereocenters. The van der Waals surface area contributed by atoms with E-state index in [1.807, 2.05) is 32.6 Å². The fourth-order valence-corrected chi connectivity index (χ4v) is 3.20. The molecule has 1 amide bonds. The molecule has 144 valence electrons. The van der Waals surface area contributed by atoms with Crippen LogP contribution in [0.4, 0.5) is 0 Å². The van der Waals surface area contributed by atoms with Crippen molar-refractivity contribution in [3.8, 4) is 0 Å². The molecule has 0 atom stereocenters. The summed E-state index contributed by atoms with van der Waals surface area (Å²) in [5.41, 5.74) is 1.11. The van der Waals surface area contributed by atoms with Crippen LogP contribution in [0.1, 0.15) is 42.8 Å². The van der Waals surface area contributed by atoms with Crippen LogP contribution < -0.4 is 10.6 Å². The Kier molecular flexibility index (Phi) is 12.8. The lowest BCUT2D eigenvalue weighted by atomic mass is 10.3. The third-order valence-electron chi connectivity index (χ3n) is 3.76. The van der Waals surface area contributed by atoms with Gasteiger partial charge in [0.25, 0.3) is 0 Å². The van der Waals surface area contributed by atoms with Crippen molar-refractivity contribution in [2.75, 3.05) is 32.7 Å². The third kappa shape index (κ3) is 8.84. The van der Waals surface area contributed by atoms with Gasteiger partial charge in [0.05, 0.1) is 10.7 Å². The first-order valence-electron chi connectivity index (χ1n) is 8.74. The van der Waals surface area contributed by atoms with Gasteiger partial charge in [-0.2, -0.15) is 0 Å². The Hall–Kier alpha value is -0.900. The van der Waals surface area contributed by atoms with Crippen LogP contribution in [-0.4, -0.2) is 54.5 Å². The molecule has 1 aromatic rings. The average molecular weight is 481 g/mol. The number of hydrogen-bond acceptors (Lipinski definition) is 4. The zero-order valence-corrected chi connectivity index (χ0v) is 19.2. The van der Waals surface area contributed by atoms with Crippen LogP contribution in [0.3, 0.4) is 0 Å². The number of aromatic nitrogens is 1. The number of aryl methyl sites for hydroxylation is 2. The molecular weight excluding hydrogens is 449 g/mol.